The van der Waals surface area contributed by atoms with Crippen molar-refractivity contribution in [2.24, 2.45) is 0 Å². The van der Waals surface area contributed by atoms with Crippen molar-refractivity contribution < 1.29 is 24.5 Å². The third-order valence-electron chi connectivity index (χ3n) is 5.28. The van der Waals surface area contributed by atoms with Crippen LogP contribution in [0, 0.1) is 0 Å². The number of imidazole rings is 1. The summed E-state index contributed by atoms with van der Waals surface area (Å²) in [5, 5.41) is 23.2. The molecule has 0 amide bonds. The van der Waals surface area contributed by atoms with Gasteiger partial charge in [0.15, 0.2) is 17.8 Å². The molecule has 176 valence electrons. The molecule has 0 spiro atoms. The molecule has 3 heterocycles. The fourth-order valence-corrected chi connectivity index (χ4v) is 3.79. The molecule has 0 aliphatic carbocycles. The van der Waals surface area contributed by atoms with Gasteiger partial charge in [-0.1, -0.05) is 18.2 Å². The Morgan fingerprint density at radius 1 is 1.36 bits per heavy atom. The molecular formula is C22H27N5O6. The summed E-state index contributed by atoms with van der Waals surface area (Å²) in [4.78, 5) is 37.3. The normalized spacial score (nSPS) is 23.1. The summed E-state index contributed by atoms with van der Waals surface area (Å²) in [7, 11) is 0. The molecule has 0 saturated carbocycles. The van der Waals surface area contributed by atoms with Crippen LogP contribution in [0.25, 0.3) is 11.2 Å². The summed E-state index contributed by atoms with van der Waals surface area (Å²) in [6.45, 7) is 4.85. The van der Waals surface area contributed by atoms with Gasteiger partial charge in [-0.15, -0.1) is 0 Å². The predicted molar refractivity (Wildman–Crippen MR) is 119 cm³/mol. The number of aliphatic hydroxyl groups is 2. The first-order valence-electron chi connectivity index (χ1n) is 10.6. The Balaban J connectivity index is 1.77. The molecule has 11 nitrogen and oxygen atoms in total. The first kappa shape index (κ1) is 22.9. The Hall–Kier alpha value is -3.28. The number of aromatic nitrogens is 4. The highest BCUT2D eigenvalue weighted by Gasteiger charge is 2.53. The second-order valence-corrected chi connectivity index (χ2v) is 9.00. The molecule has 1 aliphatic heterocycles. The van der Waals surface area contributed by atoms with Crippen LogP contribution in [-0.4, -0.2) is 66.5 Å². The van der Waals surface area contributed by atoms with Crippen LogP contribution in [-0.2, 0) is 15.3 Å². The molecular weight excluding hydrogens is 430 g/mol. The van der Waals surface area contributed by atoms with Gasteiger partial charge in [0, 0.05) is 12.0 Å². The molecule has 0 unspecified atom stereocenters. The quantitative estimate of drug-likeness (QED) is 0.403. The van der Waals surface area contributed by atoms with Crippen molar-refractivity contribution in [3.63, 3.8) is 0 Å². The standard InChI is InChI=1S/C22H27N5O6/c1-21(2,3)26-20-24-18-17(19(31)25-20)23-12-27(18)22(9-14(29)15(10-28)33-22)16(30)11-32-13-7-5-4-6-8-13/h4-8,12,14-15,28-29H,9-11H2,1-3H3,(H2,24,25,26,31)/t14-,15+,22-/m0/s1. The number of rotatable bonds is 7. The molecule has 1 fully saturated rings. The summed E-state index contributed by atoms with van der Waals surface area (Å²) in [6, 6.07) is 8.79. The zero-order valence-corrected chi connectivity index (χ0v) is 18.6. The Kier molecular flexibility index (Phi) is 5.95. The number of aromatic amines is 1. The first-order chi connectivity index (χ1) is 15.6. The fourth-order valence-electron chi connectivity index (χ4n) is 3.79. The van der Waals surface area contributed by atoms with E-state index >= 15 is 0 Å². The van der Waals surface area contributed by atoms with Crippen molar-refractivity contribution in [1.82, 2.24) is 19.5 Å². The maximum Gasteiger partial charge on any atom is 0.280 e. The molecule has 4 N–H and O–H groups in total. The highest BCUT2D eigenvalue weighted by atomic mass is 16.6. The second kappa shape index (κ2) is 8.58. The van der Waals surface area contributed by atoms with E-state index in [1.165, 1.54) is 10.9 Å². The lowest BCUT2D eigenvalue weighted by Crippen LogP contribution is -2.45. The van der Waals surface area contributed by atoms with Crippen LogP contribution in [0.1, 0.15) is 27.2 Å². The highest BCUT2D eigenvalue weighted by molar-refractivity contribution is 5.88. The first-order valence-corrected chi connectivity index (χ1v) is 10.6. The van der Waals surface area contributed by atoms with E-state index in [0.717, 1.165) is 0 Å². The Morgan fingerprint density at radius 3 is 2.73 bits per heavy atom. The van der Waals surface area contributed by atoms with Gasteiger partial charge >= 0.3 is 0 Å². The van der Waals surface area contributed by atoms with Crippen LogP contribution < -0.4 is 15.6 Å². The summed E-state index contributed by atoms with van der Waals surface area (Å²) >= 11 is 0. The van der Waals surface area contributed by atoms with Gasteiger partial charge in [0.25, 0.3) is 5.56 Å². The summed E-state index contributed by atoms with van der Waals surface area (Å²) in [6.07, 6.45) is -1.02. The molecule has 33 heavy (non-hydrogen) atoms. The molecule has 3 atom stereocenters. The molecule has 1 aromatic carbocycles. The summed E-state index contributed by atoms with van der Waals surface area (Å²) in [5.74, 6) is 0.162. The number of Topliss-reactive ketones (excluding diaryl/α,β-unsaturated/α-hetero) is 1. The van der Waals surface area contributed by atoms with E-state index in [2.05, 4.69) is 20.3 Å². The number of fused-ring (bicyclic) bond motifs is 1. The molecule has 1 aliphatic rings. The number of ketones is 1. The van der Waals surface area contributed by atoms with Crippen molar-refractivity contribution in [2.45, 2.75) is 50.7 Å². The van der Waals surface area contributed by atoms with Crippen LogP contribution in [0.5, 0.6) is 5.75 Å². The van der Waals surface area contributed by atoms with Gasteiger partial charge in [0.2, 0.25) is 17.5 Å². The van der Waals surface area contributed by atoms with Gasteiger partial charge in [-0.3, -0.25) is 19.1 Å². The van der Waals surface area contributed by atoms with Gasteiger partial charge in [-0.05, 0) is 32.9 Å². The van der Waals surface area contributed by atoms with E-state index in [4.69, 9.17) is 9.47 Å². The minimum absolute atomic E-state index is 0.0103. The molecule has 0 bridgehead atoms. The van der Waals surface area contributed by atoms with Crippen LogP contribution >= 0.6 is 0 Å². The van der Waals surface area contributed by atoms with Crippen LogP contribution in [0.15, 0.2) is 41.5 Å². The van der Waals surface area contributed by atoms with Crippen molar-refractivity contribution >= 4 is 22.9 Å². The maximum absolute atomic E-state index is 13.5. The number of nitrogens with one attached hydrogen (secondary N) is 2. The number of ether oxygens (including phenoxy) is 2. The number of H-pyrrole nitrogens is 1. The monoisotopic (exact) mass is 457 g/mol. The number of carbonyl (C=O) groups is 1. The van der Waals surface area contributed by atoms with Crippen molar-refractivity contribution in [3.05, 3.63) is 47.0 Å². The van der Waals surface area contributed by atoms with Gasteiger partial charge in [0.1, 0.15) is 18.2 Å². The van der Waals surface area contributed by atoms with Crippen molar-refractivity contribution in [1.29, 1.82) is 0 Å². The van der Waals surface area contributed by atoms with Gasteiger partial charge in [-0.2, -0.15) is 4.98 Å². The number of carbonyl (C=O) groups excluding carboxylic acids is 1. The zero-order chi connectivity index (χ0) is 23.8. The lowest BCUT2D eigenvalue weighted by Gasteiger charge is -2.29. The third-order valence-corrected chi connectivity index (χ3v) is 5.28. The second-order valence-electron chi connectivity index (χ2n) is 9.00. The minimum atomic E-state index is -1.77. The van der Waals surface area contributed by atoms with E-state index in [0.29, 0.717) is 5.75 Å². The lowest BCUT2D eigenvalue weighted by molar-refractivity contribution is -0.162. The lowest BCUT2D eigenvalue weighted by atomic mass is 10.0. The number of hydrogen-bond donors (Lipinski definition) is 4. The molecule has 3 aromatic rings. The SMILES string of the molecule is CC(C)(C)Nc1nc2c(ncn2[C@@]2(C(=O)COc3ccccc3)C[C@H](O)[C@@H](CO)O2)c(=O)[nH]1. The number of aliphatic hydroxyl groups excluding tert-OH is 2. The van der Waals surface area contributed by atoms with Crippen molar-refractivity contribution in [2.75, 3.05) is 18.5 Å². The van der Waals surface area contributed by atoms with E-state index in [-0.39, 0.29) is 30.1 Å². The van der Waals surface area contributed by atoms with E-state index in [9.17, 15) is 19.8 Å². The topological polar surface area (TPSA) is 152 Å². The summed E-state index contributed by atoms with van der Waals surface area (Å²) < 4.78 is 12.9. The van der Waals surface area contributed by atoms with E-state index < -0.39 is 41.4 Å². The maximum atomic E-state index is 13.5. The Bertz CT molecular complexity index is 1200. The number of benzene rings is 1. The summed E-state index contributed by atoms with van der Waals surface area (Å²) in [5.41, 5.74) is -2.55. The van der Waals surface area contributed by atoms with Gasteiger partial charge in [-0.25, -0.2) is 4.98 Å². The minimum Gasteiger partial charge on any atom is -0.486 e. The smallest absolute Gasteiger partial charge is 0.280 e. The van der Waals surface area contributed by atoms with Crippen LogP contribution in [0.2, 0.25) is 0 Å². The molecule has 1 saturated heterocycles. The number of para-hydroxylation sites is 1. The highest BCUT2D eigenvalue weighted by Crippen LogP contribution is 2.38. The zero-order valence-electron chi connectivity index (χ0n) is 18.6. The Labute approximate surface area is 189 Å². The van der Waals surface area contributed by atoms with Crippen LogP contribution in [0.3, 0.4) is 0 Å². The molecule has 11 heteroatoms. The van der Waals surface area contributed by atoms with E-state index in [1.54, 1.807) is 24.3 Å². The average molecular weight is 457 g/mol. The third kappa shape index (κ3) is 4.47. The van der Waals surface area contributed by atoms with E-state index in [1.807, 2.05) is 26.8 Å². The molecule has 4 rings (SSSR count). The number of anilines is 1. The fraction of sp³-hybridized carbons (Fsp3) is 0.455. The van der Waals surface area contributed by atoms with Gasteiger partial charge in [0.05, 0.1) is 12.7 Å². The van der Waals surface area contributed by atoms with Crippen LogP contribution in [0.4, 0.5) is 5.95 Å². The number of nitrogens with zero attached hydrogens (tertiary/aromatic N) is 3. The molecule has 0 radical (unpaired) electrons. The predicted octanol–water partition coefficient (Wildman–Crippen LogP) is 0.773. The Morgan fingerprint density at radius 2 is 2.09 bits per heavy atom. The van der Waals surface area contributed by atoms with Gasteiger partial charge < -0.3 is 25.0 Å². The number of hydrogen-bond acceptors (Lipinski definition) is 9. The average Bonchev–Trinajstić information content (AvgIpc) is 3.33. The largest absolute Gasteiger partial charge is 0.486 e. The molecule has 2 aromatic heterocycles. The van der Waals surface area contributed by atoms with Crippen molar-refractivity contribution in [3.8, 4) is 5.75 Å².